The number of hydrogen-bond acceptors (Lipinski definition) is 5. The number of hydrogen-bond donors (Lipinski definition) is 1. The van der Waals surface area contributed by atoms with Gasteiger partial charge in [0.05, 0.1) is 11.6 Å². The average molecular weight is 380 g/mol. The van der Waals surface area contributed by atoms with Crippen molar-refractivity contribution in [3.05, 3.63) is 70.1 Å². The number of carbonyl (C=O) groups is 1. The highest BCUT2D eigenvalue weighted by Gasteiger charge is 2.15. The van der Waals surface area contributed by atoms with Gasteiger partial charge in [-0.2, -0.15) is 10.2 Å². The van der Waals surface area contributed by atoms with Crippen LogP contribution in [0.2, 0.25) is 0 Å². The molecule has 0 unspecified atom stereocenters. The molecule has 138 valence electrons. The van der Waals surface area contributed by atoms with E-state index in [9.17, 15) is 9.59 Å². The molecule has 0 spiro atoms. The van der Waals surface area contributed by atoms with Crippen molar-refractivity contribution in [2.24, 2.45) is 5.10 Å². The lowest BCUT2D eigenvalue weighted by Gasteiger charge is -2.09. The third-order valence-electron chi connectivity index (χ3n) is 4.01. The number of aromatic nitrogens is 2. The Hall–Kier alpha value is -2.93. The van der Waals surface area contributed by atoms with Gasteiger partial charge in [0.2, 0.25) is 0 Å². The molecular weight excluding hydrogens is 360 g/mol. The number of aryl methyl sites for hydroxylation is 1. The summed E-state index contributed by atoms with van der Waals surface area (Å²) in [6.45, 7) is 2.41. The van der Waals surface area contributed by atoms with E-state index in [2.05, 4.69) is 15.6 Å². The molecule has 1 N–H and O–H groups in total. The summed E-state index contributed by atoms with van der Waals surface area (Å²) in [7, 11) is 0. The zero-order valence-corrected chi connectivity index (χ0v) is 16.0. The van der Waals surface area contributed by atoms with Crippen LogP contribution in [0.15, 0.2) is 63.3 Å². The molecule has 1 heterocycles. The summed E-state index contributed by atoms with van der Waals surface area (Å²) in [5, 5.41) is 9.27. The van der Waals surface area contributed by atoms with Crippen molar-refractivity contribution in [2.45, 2.75) is 24.8 Å². The van der Waals surface area contributed by atoms with E-state index in [1.54, 1.807) is 42.2 Å². The second-order valence-electron chi connectivity index (χ2n) is 5.89. The first-order valence-electron chi connectivity index (χ1n) is 8.61. The summed E-state index contributed by atoms with van der Waals surface area (Å²) in [6.07, 6.45) is 4.33. The van der Waals surface area contributed by atoms with E-state index in [4.69, 9.17) is 0 Å². The van der Waals surface area contributed by atoms with Gasteiger partial charge in [-0.3, -0.25) is 9.59 Å². The Balaban J connectivity index is 1.87. The molecule has 0 aliphatic rings. The van der Waals surface area contributed by atoms with Gasteiger partial charge in [-0.05, 0) is 36.4 Å². The Bertz CT molecular complexity index is 1040. The van der Waals surface area contributed by atoms with Gasteiger partial charge in [-0.15, -0.1) is 11.8 Å². The number of benzene rings is 2. The SMILES string of the molecule is CCCn1nc(C(=O)N/N=C\c2ccc(SC)cc2)c2ccccc2c1=O. The summed E-state index contributed by atoms with van der Waals surface area (Å²) < 4.78 is 1.34. The van der Waals surface area contributed by atoms with Gasteiger partial charge in [0.15, 0.2) is 5.69 Å². The van der Waals surface area contributed by atoms with Crippen molar-refractivity contribution in [1.82, 2.24) is 15.2 Å². The van der Waals surface area contributed by atoms with Crippen molar-refractivity contribution >= 4 is 34.7 Å². The molecule has 0 atom stereocenters. The summed E-state index contributed by atoms with van der Waals surface area (Å²) in [5.41, 5.74) is 3.38. The zero-order valence-electron chi connectivity index (χ0n) is 15.2. The van der Waals surface area contributed by atoms with Crippen molar-refractivity contribution in [2.75, 3.05) is 6.26 Å². The molecule has 3 rings (SSSR count). The van der Waals surface area contributed by atoms with Crippen LogP contribution in [0.25, 0.3) is 10.8 Å². The van der Waals surface area contributed by atoms with Crippen LogP contribution in [0.3, 0.4) is 0 Å². The highest BCUT2D eigenvalue weighted by atomic mass is 32.2. The number of fused-ring (bicyclic) bond motifs is 1. The number of thioether (sulfide) groups is 1. The van der Waals surface area contributed by atoms with Crippen LogP contribution in [-0.2, 0) is 6.54 Å². The van der Waals surface area contributed by atoms with E-state index >= 15 is 0 Å². The normalized spacial score (nSPS) is 11.2. The summed E-state index contributed by atoms with van der Waals surface area (Å²) in [4.78, 5) is 26.3. The van der Waals surface area contributed by atoms with Crippen molar-refractivity contribution < 1.29 is 4.79 Å². The summed E-state index contributed by atoms with van der Waals surface area (Å²) in [5.74, 6) is -0.451. The fourth-order valence-electron chi connectivity index (χ4n) is 2.67. The van der Waals surface area contributed by atoms with Crippen LogP contribution in [0.4, 0.5) is 0 Å². The molecule has 0 bridgehead atoms. The van der Waals surface area contributed by atoms with E-state index in [-0.39, 0.29) is 11.3 Å². The zero-order chi connectivity index (χ0) is 19.2. The number of amides is 1. The first-order valence-corrected chi connectivity index (χ1v) is 9.84. The maximum Gasteiger partial charge on any atom is 0.292 e. The number of rotatable bonds is 6. The van der Waals surface area contributed by atoms with E-state index in [1.807, 2.05) is 37.4 Å². The Morgan fingerprint density at radius 2 is 1.89 bits per heavy atom. The fraction of sp³-hybridized carbons (Fsp3) is 0.200. The van der Waals surface area contributed by atoms with Gasteiger partial charge in [0, 0.05) is 16.8 Å². The van der Waals surface area contributed by atoms with Gasteiger partial charge >= 0.3 is 0 Å². The van der Waals surface area contributed by atoms with Crippen LogP contribution in [-0.4, -0.2) is 28.2 Å². The van der Waals surface area contributed by atoms with Crippen LogP contribution < -0.4 is 11.0 Å². The molecule has 0 radical (unpaired) electrons. The van der Waals surface area contributed by atoms with Gasteiger partial charge in [0.25, 0.3) is 11.5 Å². The molecule has 0 fully saturated rings. The van der Waals surface area contributed by atoms with E-state index in [0.29, 0.717) is 17.3 Å². The second-order valence-corrected chi connectivity index (χ2v) is 6.77. The van der Waals surface area contributed by atoms with Crippen molar-refractivity contribution in [1.29, 1.82) is 0 Å². The minimum atomic E-state index is -0.451. The summed E-state index contributed by atoms with van der Waals surface area (Å²) in [6, 6.07) is 14.8. The van der Waals surface area contributed by atoms with Crippen LogP contribution >= 0.6 is 11.8 Å². The van der Waals surface area contributed by atoms with E-state index in [1.165, 1.54) is 4.68 Å². The van der Waals surface area contributed by atoms with Crippen LogP contribution in [0.5, 0.6) is 0 Å². The Morgan fingerprint density at radius 1 is 1.19 bits per heavy atom. The molecule has 27 heavy (non-hydrogen) atoms. The number of hydrazone groups is 1. The lowest BCUT2D eigenvalue weighted by atomic mass is 10.1. The van der Waals surface area contributed by atoms with Gasteiger partial charge in [-0.1, -0.05) is 37.3 Å². The first kappa shape index (κ1) is 18.8. The molecular formula is C20H20N4O2S. The topological polar surface area (TPSA) is 76.3 Å². The Kier molecular flexibility index (Phi) is 6.03. The fourth-order valence-corrected chi connectivity index (χ4v) is 3.08. The molecule has 2 aromatic carbocycles. The van der Waals surface area contributed by atoms with Crippen LogP contribution in [0.1, 0.15) is 29.4 Å². The lowest BCUT2D eigenvalue weighted by Crippen LogP contribution is -2.29. The molecule has 0 aliphatic carbocycles. The standard InChI is InChI=1S/C20H20N4O2S/c1-3-12-24-20(26)17-7-5-4-6-16(17)18(23-24)19(25)22-21-13-14-8-10-15(27-2)11-9-14/h4-11,13H,3,12H2,1-2H3,(H,22,25)/b21-13-. The minimum absolute atomic E-state index is 0.188. The molecule has 1 amide bonds. The number of nitrogens with zero attached hydrogens (tertiary/aromatic N) is 3. The van der Waals surface area contributed by atoms with Crippen molar-refractivity contribution in [3.63, 3.8) is 0 Å². The third-order valence-corrected chi connectivity index (χ3v) is 4.76. The molecule has 6 nitrogen and oxygen atoms in total. The quantitative estimate of drug-likeness (QED) is 0.404. The molecule has 3 aromatic rings. The average Bonchev–Trinajstić information content (AvgIpc) is 2.70. The molecule has 0 saturated heterocycles. The number of nitrogens with one attached hydrogen (secondary N) is 1. The lowest BCUT2D eigenvalue weighted by molar-refractivity contribution is 0.0949. The van der Waals surface area contributed by atoms with Crippen molar-refractivity contribution in [3.8, 4) is 0 Å². The Morgan fingerprint density at radius 3 is 2.56 bits per heavy atom. The predicted octanol–water partition coefficient (Wildman–Crippen LogP) is 3.29. The third kappa shape index (κ3) is 4.25. The van der Waals surface area contributed by atoms with Gasteiger partial charge in [-0.25, -0.2) is 10.1 Å². The van der Waals surface area contributed by atoms with E-state index < -0.39 is 5.91 Å². The molecule has 0 saturated carbocycles. The summed E-state index contributed by atoms with van der Waals surface area (Å²) >= 11 is 1.66. The maximum atomic E-state index is 12.6. The van der Waals surface area contributed by atoms with Gasteiger partial charge < -0.3 is 0 Å². The maximum absolute atomic E-state index is 12.6. The smallest absolute Gasteiger partial charge is 0.267 e. The van der Waals surface area contributed by atoms with E-state index in [0.717, 1.165) is 16.9 Å². The monoisotopic (exact) mass is 380 g/mol. The first-order chi connectivity index (χ1) is 13.1. The highest BCUT2D eigenvalue weighted by molar-refractivity contribution is 7.98. The minimum Gasteiger partial charge on any atom is -0.267 e. The van der Waals surface area contributed by atoms with Gasteiger partial charge in [0.1, 0.15) is 0 Å². The highest BCUT2D eigenvalue weighted by Crippen LogP contribution is 2.14. The molecule has 1 aromatic heterocycles. The molecule has 0 aliphatic heterocycles. The Labute approximate surface area is 161 Å². The largest absolute Gasteiger partial charge is 0.292 e. The number of carbonyl (C=O) groups excluding carboxylic acids is 1. The molecule has 7 heteroatoms. The second kappa shape index (κ2) is 8.64. The predicted molar refractivity (Wildman–Crippen MR) is 110 cm³/mol. The van der Waals surface area contributed by atoms with Crippen LogP contribution in [0, 0.1) is 0 Å².